The molecule has 4 aromatic carbocycles. The van der Waals surface area contributed by atoms with Crippen LogP contribution >= 0.6 is 0 Å². The monoisotopic (exact) mass is 729 g/mol. The van der Waals surface area contributed by atoms with Crippen LogP contribution in [0.1, 0.15) is 44.5 Å². The van der Waals surface area contributed by atoms with E-state index < -0.39 is 0 Å². The number of aromatic nitrogens is 3. The van der Waals surface area contributed by atoms with Crippen LogP contribution in [-0.4, -0.2) is 9.97 Å². The average molecular weight is 730 g/mol. The van der Waals surface area contributed by atoms with Crippen molar-refractivity contribution >= 4 is 11.0 Å². The summed E-state index contributed by atoms with van der Waals surface area (Å²) in [7, 11) is 0. The first kappa shape index (κ1) is 28.4. The molecule has 0 spiro atoms. The SMILES string of the molecule is [Au+].c1cncc(-c2cc3ccc2CCc2ccc(cc2)CC3)c1.c1nc2c3ccc(c2[n-]1)CCc1ccc(cc1)CC3. The zero-order valence-corrected chi connectivity index (χ0v) is 25.9. The van der Waals surface area contributed by atoms with Gasteiger partial charge < -0.3 is 9.97 Å². The third-order valence-electron chi connectivity index (χ3n) is 8.64. The van der Waals surface area contributed by atoms with E-state index in [1.807, 2.05) is 18.5 Å². The Morgan fingerprint density at radius 3 is 1.69 bits per heavy atom. The van der Waals surface area contributed by atoms with Gasteiger partial charge in [0.05, 0.1) is 0 Å². The van der Waals surface area contributed by atoms with Crippen molar-refractivity contribution in [3.63, 3.8) is 0 Å². The van der Waals surface area contributed by atoms with Crippen LogP contribution in [0.25, 0.3) is 22.2 Å². The second-order valence-corrected chi connectivity index (χ2v) is 11.3. The van der Waals surface area contributed by atoms with Crippen LogP contribution in [-0.2, 0) is 73.7 Å². The molecule has 4 heteroatoms. The van der Waals surface area contributed by atoms with Crippen molar-refractivity contribution in [3.8, 4) is 11.1 Å². The summed E-state index contributed by atoms with van der Waals surface area (Å²) in [6, 6.07) is 33.8. The number of rotatable bonds is 1. The predicted octanol–water partition coefficient (Wildman–Crippen LogP) is 7.71. The molecule has 6 aromatic rings. The molecule has 2 heterocycles. The molecule has 42 heavy (non-hydrogen) atoms. The van der Waals surface area contributed by atoms with E-state index in [0.717, 1.165) is 62.4 Å². The Labute approximate surface area is 264 Å². The van der Waals surface area contributed by atoms with Crippen molar-refractivity contribution in [1.29, 1.82) is 0 Å². The number of hydrogen-bond donors (Lipinski definition) is 0. The summed E-state index contributed by atoms with van der Waals surface area (Å²) >= 11 is 0. The van der Waals surface area contributed by atoms with Crippen LogP contribution in [0.4, 0.5) is 0 Å². The van der Waals surface area contributed by atoms with E-state index in [-0.39, 0.29) is 22.4 Å². The molecule has 0 atom stereocenters. The quantitative estimate of drug-likeness (QED) is 0.163. The first-order valence-corrected chi connectivity index (χ1v) is 14.8. The van der Waals surface area contributed by atoms with Gasteiger partial charge in [0.15, 0.2) is 0 Å². The van der Waals surface area contributed by atoms with Crippen LogP contribution < -0.4 is 4.98 Å². The Bertz CT molecular complexity index is 1710. The molecule has 0 saturated heterocycles. The van der Waals surface area contributed by atoms with Gasteiger partial charge in [-0.1, -0.05) is 91.3 Å². The van der Waals surface area contributed by atoms with Crippen molar-refractivity contribution in [1.82, 2.24) is 15.0 Å². The number of nitrogens with zero attached hydrogens (tertiary/aromatic N) is 3. The fraction of sp³-hybridized carbons (Fsp3) is 0.211. The minimum absolute atomic E-state index is 0. The molecule has 14 rings (SSSR count). The number of imidazole rings is 1. The molecule has 2 aromatic heterocycles. The molecule has 0 unspecified atom stereocenters. The van der Waals surface area contributed by atoms with Gasteiger partial charge in [-0.25, -0.2) is 0 Å². The van der Waals surface area contributed by atoms with Gasteiger partial charge in [0.2, 0.25) is 0 Å². The van der Waals surface area contributed by atoms with Crippen molar-refractivity contribution in [2.24, 2.45) is 0 Å². The average Bonchev–Trinajstić information content (AvgIpc) is 3.51. The maximum atomic E-state index is 4.46. The molecule has 0 amide bonds. The number of benzene rings is 4. The molecule has 0 radical (unpaired) electrons. The Balaban J connectivity index is 0.000000148. The molecule has 212 valence electrons. The van der Waals surface area contributed by atoms with Gasteiger partial charge in [0, 0.05) is 18.0 Å². The smallest absolute Gasteiger partial charge is 0.443 e. The van der Waals surface area contributed by atoms with Crippen LogP contribution in [0.3, 0.4) is 0 Å². The first-order chi connectivity index (χ1) is 20.3. The van der Waals surface area contributed by atoms with E-state index in [1.54, 1.807) is 6.33 Å². The summed E-state index contributed by atoms with van der Waals surface area (Å²) < 4.78 is 0. The van der Waals surface area contributed by atoms with Crippen molar-refractivity contribution in [3.05, 3.63) is 154 Å². The number of hydrogen-bond acceptors (Lipinski definition) is 2. The Hall–Kier alpha value is -3.76. The zero-order valence-electron chi connectivity index (χ0n) is 23.7. The largest absolute Gasteiger partial charge is 1.00 e. The molecule has 8 aliphatic carbocycles. The van der Waals surface area contributed by atoms with Crippen LogP contribution in [0.2, 0.25) is 0 Å². The Morgan fingerprint density at radius 1 is 0.524 bits per heavy atom. The molecular formula is C38H34AuN3. The topological polar surface area (TPSA) is 39.9 Å². The molecule has 0 N–H and O–H groups in total. The minimum atomic E-state index is 0. The first-order valence-electron chi connectivity index (χ1n) is 14.8. The Morgan fingerprint density at radius 2 is 1.05 bits per heavy atom. The van der Waals surface area contributed by atoms with Gasteiger partial charge in [-0.05, 0) is 119 Å². The van der Waals surface area contributed by atoms with Gasteiger partial charge in [-0.15, -0.1) is 0 Å². The van der Waals surface area contributed by atoms with Gasteiger partial charge >= 0.3 is 22.4 Å². The number of aryl methyl sites for hydroxylation is 8. The van der Waals surface area contributed by atoms with E-state index in [9.17, 15) is 0 Å². The zero-order chi connectivity index (χ0) is 27.4. The van der Waals surface area contributed by atoms with Crippen LogP contribution in [0.15, 0.2) is 110 Å². The molecule has 3 nitrogen and oxygen atoms in total. The van der Waals surface area contributed by atoms with Crippen molar-refractivity contribution in [2.45, 2.75) is 51.4 Å². The second-order valence-electron chi connectivity index (χ2n) is 11.3. The van der Waals surface area contributed by atoms with Gasteiger partial charge in [0.1, 0.15) is 0 Å². The summed E-state index contributed by atoms with van der Waals surface area (Å²) in [5.41, 5.74) is 15.9. The summed E-state index contributed by atoms with van der Waals surface area (Å²) in [4.78, 5) is 13.2. The number of pyridine rings is 1. The maximum absolute atomic E-state index is 4.46. The van der Waals surface area contributed by atoms with E-state index in [2.05, 4.69) is 99.9 Å². The van der Waals surface area contributed by atoms with Gasteiger partial charge in [0.25, 0.3) is 0 Å². The van der Waals surface area contributed by atoms with E-state index in [0.29, 0.717) is 0 Å². The van der Waals surface area contributed by atoms with E-state index >= 15 is 0 Å². The Kier molecular flexibility index (Phi) is 8.81. The molecule has 0 aliphatic heterocycles. The third kappa shape index (κ3) is 6.34. The van der Waals surface area contributed by atoms with Crippen molar-refractivity contribution in [2.75, 3.05) is 0 Å². The fourth-order valence-electron chi connectivity index (χ4n) is 6.16. The molecule has 0 saturated carbocycles. The molecule has 8 bridgehead atoms. The fourth-order valence-corrected chi connectivity index (χ4v) is 6.16. The summed E-state index contributed by atoms with van der Waals surface area (Å²) in [6.07, 6.45) is 14.1. The normalized spacial score (nSPS) is 13.7. The van der Waals surface area contributed by atoms with E-state index in [1.165, 1.54) is 55.6 Å². The van der Waals surface area contributed by atoms with Crippen LogP contribution in [0.5, 0.6) is 0 Å². The maximum Gasteiger partial charge on any atom is 1.00 e. The van der Waals surface area contributed by atoms with E-state index in [4.69, 9.17) is 0 Å². The predicted molar refractivity (Wildman–Crippen MR) is 167 cm³/mol. The van der Waals surface area contributed by atoms with Gasteiger partial charge in [-0.3, -0.25) is 4.98 Å². The van der Waals surface area contributed by atoms with Gasteiger partial charge in [-0.2, -0.15) is 0 Å². The third-order valence-corrected chi connectivity index (χ3v) is 8.64. The molecule has 8 aliphatic rings. The second kappa shape index (κ2) is 13.0. The molecule has 0 fully saturated rings. The minimum Gasteiger partial charge on any atom is -0.443 e. The molecular weight excluding hydrogens is 695 g/mol. The summed E-state index contributed by atoms with van der Waals surface area (Å²) in [5, 5.41) is 0. The van der Waals surface area contributed by atoms with Crippen molar-refractivity contribution < 1.29 is 22.4 Å². The standard InChI is InChI=1S/C21H19N.C17H15N2.Au/c1-2-20(15-22-13-1)21-14-18-8-7-16-3-5-17(6-4-16)9-11-19(21)12-10-18;1-2-13-4-3-12(1)5-7-14-9-10-15(8-6-13)17-16(14)18-11-19-17;/h1-6,10,12-15H,7-9,11H2;1-4,9-11H,5-8H2;/q;-1;+1. The summed E-state index contributed by atoms with van der Waals surface area (Å²) in [5.74, 6) is 0. The van der Waals surface area contributed by atoms with Crippen LogP contribution in [0, 0.1) is 0 Å². The summed E-state index contributed by atoms with van der Waals surface area (Å²) in [6.45, 7) is 0.